The van der Waals surface area contributed by atoms with E-state index in [-0.39, 0.29) is 12.0 Å². The van der Waals surface area contributed by atoms with E-state index in [9.17, 15) is 9.59 Å². The fourth-order valence-electron chi connectivity index (χ4n) is 2.84. The lowest BCUT2D eigenvalue weighted by molar-refractivity contribution is -0.154. The SMILES string of the molecule is CN1CCN(CC2CCC(C(=O)O)O2)C(C)(C)C1=O. The predicted octanol–water partition coefficient (Wildman–Crippen LogP) is 0.171. The number of nitrogens with zero attached hydrogens (tertiary/aromatic N) is 2. The van der Waals surface area contributed by atoms with Crippen LogP contribution in [-0.2, 0) is 14.3 Å². The topological polar surface area (TPSA) is 70.1 Å². The standard InChI is InChI=1S/C13H22N2O4/c1-13(2)12(18)14(3)6-7-15(13)8-9-4-5-10(19-9)11(16)17/h9-10H,4-8H2,1-3H3,(H,16,17). The van der Waals surface area contributed by atoms with Gasteiger partial charge >= 0.3 is 5.97 Å². The average molecular weight is 270 g/mol. The van der Waals surface area contributed by atoms with Crippen molar-refractivity contribution in [3.63, 3.8) is 0 Å². The fraction of sp³-hybridized carbons (Fsp3) is 0.846. The Morgan fingerprint density at radius 2 is 2.11 bits per heavy atom. The molecule has 0 spiro atoms. The quantitative estimate of drug-likeness (QED) is 0.791. The normalized spacial score (nSPS) is 31.7. The summed E-state index contributed by atoms with van der Waals surface area (Å²) in [6.45, 7) is 5.95. The van der Waals surface area contributed by atoms with E-state index in [2.05, 4.69) is 4.90 Å². The Morgan fingerprint density at radius 3 is 2.68 bits per heavy atom. The van der Waals surface area contributed by atoms with Gasteiger partial charge in [-0.2, -0.15) is 0 Å². The second-order valence-electron chi connectivity index (χ2n) is 5.89. The highest BCUT2D eigenvalue weighted by Gasteiger charge is 2.42. The molecule has 2 atom stereocenters. The summed E-state index contributed by atoms with van der Waals surface area (Å²) >= 11 is 0. The van der Waals surface area contributed by atoms with E-state index in [4.69, 9.17) is 9.84 Å². The van der Waals surface area contributed by atoms with Crippen LogP contribution in [-0.4, -0.2) is 71.2 Å². The first-order valence-corrected chi connectivity index (χ1v) is 6.71. The van der Waals surface area contributed by atoms with Crippen molar-refractivity contribution in [2.45, 2.75) is 44.4 Å². The number of aliphatic carboxylic acids is 1. The van der Waals surface area contributed by atoms with Crippen LogP contribution in [0.25, 0.3) is 0 Å². The summed E-state index contributed by atoms with van der Waals surface area (Å²) in [5.74, 6) is -0.789. The van der Waals surface area contributed by atoms with Gasteiger partial charge in [-0.15, -0.1) is 0 Å². The Labute approximate surface area is 113 Å². The number of hydrogen-bond donors (Lipinski definition) is 1. The monoisotopic (exact) mass is 270 g/mol. The molecule has 2 unspecified atom stereocenters. The molecule has 108 valence electrons. The van der Waals surface area contributed by atoms with E-state index in [0.29, 0.717) is 19.5 Å². The van der Waals surface area contributed by atoms with Gasteiger partial charge in [-0.25, -0.2) is 4.79 Å². The highest BCUT2D eigenvalue weighted by Crippen LogP contribution is 2.26. The molecule has 1 amide bonds. The minimum atomic E-state index is -0.892. The largest absolute Gasteiger partial charge is 0.479 e. The van der Waals surface area contributed by atoms with Gasteiger partial charge in [-0.3, -0.25) is 9.69 Å². The van der Waals surface area contributed by atoms with Crippen molar-refractivity contribution >= 4 is 11.9 Å². The second kappa shape index (κ2) is 5.09. The molecule has 6 heteroatoms. The van der Waals surface area contributed by atoms with Crippen LogP contribution >= 0.6 is 0 Å². The van der Waals surface area contributed by atoms with Crippen LogP contribution < -0.4 is 0 Å². The molecule has 0 bridgehead atoms. The Balaban J connectivity index is 1.96. The first-order valence-electron chi connectivity index (χ1n) is 6.71. The Kier molecular flexibility index (Phi) is 3.82. The van der Waals surface area contributed by atoms with Gasteiger partial charge in [0.25, 0.3) is 0 Å². The van der Waals surface area contributed by atoms with Gasteiger partial charge < -0.3 is 14.7 Å². The zero-order chi connectivity index (χ0) is 14.2. The van der Waals surface area contributed by atoms with E-state index < -0.39 is 17.6 Å². The van der Waals surface area contributed by atoms with Crippen molar-refractivity contribution < 1.29 is 19.4 Å². The molecule has 2 heterocycles. The lowest BCUT2D eigenvalue weighted by Gasteiger charge is -2.45. The van der Waals surface area contributed by atoms with Crippen molar-refractivity contribution in [1.29, 1.82) is 0 Å². The minimum absolute atomic E-state index is 0.0865. The molecule has 0 aliphatic carbocycles. The average Bonchev–Trinajstić information content (AvgIpc) is 2.79. The summed E-state index contributed by atoms with van der Waals surface area (Å²) < 4.78 is 5.51. The lowest BCUT2D eigenvalue weighted by atomic mass is 9.97. The summed E-state index contributed by atoms with van der Waals surface area (Å²) in [5.41, 5.74) is -0.544. The van der Waals surface area contributed by atoms with E-state index >= 15 is 0 Å². The van der Waals surface area contributed by atoms with Crippen LogP contribution in [0.4, 0.5) is 0 Å². The highest BCUT2D eigenvalue weighted by atomic mass is 16.5. The summed E-state index contributed by atoms with van der Waals surface area (Å²) in [5, 5.41) is 8.92. The van der Waals surface area contributed by atoms with Crippen molar-refractivity contribution in [2.75, 3.05) is 26.7 Å². The molecule has 0 aromatic rings. The number of amides is 1. The number of hydrogen-bond acceptors (Lipinski definition) is 4. The third-order valence-corrected chi connectivity index (χ3v) is 4.17. The molecule has 0 aromatic carbocycles. The zero-order valence-corrected chi connectivity index (χ0v) is 11.8. The Bertz CT molecular complexity index is 383. The fourth-order valence-corrected chi connectivity index (χ4v) is 2.84. The molecule has 1 N–H and O–H groups in total. The first kappa shape index (κ1) is 14.3. The number of carboxylic acids is 1. The smallest absolute Gasteiger partial charge is 0.332 e. The molecule has 2 rings (SSSR count). The molecular formula is C13H22N2O4. The van der Waals surface area contributed by atoms with Gasteiger partial charge in [0.05, 0.1) is 11.6 Å². The van der Waals surface area contributed by atoms with Gasteiger partial charge in [0.1, 0.15) is 0 Å². The zero-order valence-electron chi connectivity index (χ0n) is 11.8. The maximum atomic E-state index is 12.2. The third kappa shape index (κ3) is 2.74. The first-order chi connectivity index (χ1) is 8.82. The molecule has 0 radical (unpaired) electrons. The summed E-state index contributed by atoms with van der Waals surface area (Å²) in [6.07, 6.45) is 0.531. The molecule has 2 saturated heterocycles. The van der Waals surface area contributed by atoms with E-state index in [0.717, 1.165) is 13.0 Å². The van der Waals surface area contributed by atoms with Gasteiger partial charge in [0.15, 0.2) is 6.10 Å². The molecule has 6 nitrogen and oxygen atoms in total. The molecule has 2 fully saturated rings. The lowest BCUT2D eigenvalue weighted by Crippen LogP contribution is -2.63. The summed E-state index contributed by atoms with van der Waals surface area (Å²) in [4.78, 5) is 26.9. The van der Waals surface area contributed by atoms with Crippen molar-refractivity contribution in [3.05, 3.63) is 0 Å². The van der Waals surface area contributed by atoms with Crippen molar-refractivity contribution in [2.24, 2.45) is 0 Å². The number of piperazine rings is 1. The highest BCUT2D eigenvalue weighted by molar-refractivity contribution is 5.86. The van der Waals surface area contributed by atoms with E-state index in [1.807, 2.05) is 20.9 Å². The predicted molar refractivity (Wildman–Crippen MR) is 68.8 cm³/mol. The number of carboxylic acid groups (broad SMARTS) is 1. The Morgan fingerprint density at radius 1 is 1.42 bits per heavy atom. The number of carbonyl (C=O) groups is 2. The van der Waals surface area contributed by atoms with E-state index in [1.54, 1.807) is 4.90 Å². The van der Waals surface area contributed by atoms with Gasteiger partial charge in [0.2, 0.25) is 5.91 Å². The maximum absolute atomic E-state index is 12.2. The molecular weight excluding hydrogens is 248 g/mol. The second-order valence-corrected chi connectivity index (χ2v) is 5.89. The maximum Gasteiger partial charge on any atom is 0.332 e. The minimum Gasteiger partial charge on any atom is -0.479 e. The summed E-state index contributed by atoms with van der Waals surface area (Å²) in [7, 11) is 1.81. The number of likely N-dealkylation sites (N-methyl/N-ethyl adjacent to an activating group) is 1. The summed E-state index contributed by atoms with van der Waals surface area (Å²) in [6, 6.07) is 0. The van der Waals surface area contributed by atoms with Gasteiger partial charge in [-0.1, -0.05) is 0 Å². The van der Waals surface area contributed by atoms with Crippen LogP contribution in [0, 0.1) is 0 Å². The van der Waals surface area contributed by atoms with E-state index in [1.165, 1.54) is 0 Å². The third-order valence-electron chi connectivity index (χ3n) is 4.17. The molecule has 0 aromatic heterocycles. The van der Waals surface area contributed by atoms with Gasteiger partial charge in [-0.05, 0) is 26.7 Å². The number of carbonyl (C=O) groups excluding carboxylic acids is 1. The molecule has 19 heavy (non-hydrogen) atoms. The number of ether oxygens (including phenoxy) is 1. The molecule has 2 aliphatic heterocycles. The van der Waals surface area contributed by atoms with Gasteiger partial charge in [0, 0.05) is 26.7 Å². The van der Waals surface area contributed by atoms with Crippen molar-refractivity contribution in [1.82, 2.24) is 9.80 Å². The van der Waals surface area contributed by atoms with Crippen molar-refractivity contribution in [3.8, 4) is 0 Å². The van der Waals surface area contributed by atoms with Crippen LogP contribution in [0.15, 0.2) is 0 Å². The number of rotatable bonds is 3. The van der Waals surface area contributed by atoms with Crippen LogP contribution in [0.3, 0.4) is 0 Å². The molecule has 2 aliphatic rings. The van der Waals surface area contributed by atoms with Crippen LogP contribution in [0.2, 0.25) is 0 Å². The molecule has 0 saturated carbocycles. The van der Waals surface area contributed by atoms with Crippen LogP contribution in [0.1, 0.15) is 26.7 Å². The Hall–Kier alpha value is -1.14. The van der Waals surface area contributed by atoms with Crippen LogP contribution in [0.5, 0.6) is 0 Å².